The zero-order chi connectivity index (χ0) is 7.56. The summed E-state index contributed by atoms with van der Waals surface area (Å²) in [6.07, 6.45) is 0.250. The molecule has 1 amide bonds. The molecule has 5 heteroatoms. The second-order valence-corrected chi connectivity index (χ2v) is 3.68. The summed E-state index contributed by atoms with van der Waals surface area (Å²) in [5.74, 6) is 0. The largest absolute Gasteiger partial charge is 0.372 e. The van der Waals surface area contributed by atoms with Crippen molar-refractivity contribution in [2.24, 2.45) is 5.73 Å². The third-order valence-electron chi connectivity index (χ3n) is 1.16. The van der Waals surface area contributed by atoms with Crippen LogP contribution in [-0.4, -0.2) is 23.2 Å². The number of rotatable bonds is 0. The van der Waals surface area contributed by atoms with Gasteiger partial charge in [0.25, 0.3) is 0 Å². The first-order valence-electron chi connectivity index (χ1n) is 2.72. The summed E-state index contributed by atoms with van der Waals surface area (Å²) < 4.78 is 1.27. The van der Waals surface area contributed by atoms with Crippen LogP contribution in [0.25, 0.3) is 0 Å². The van der Waals surface area contributed by atoms with Crippen molar-refractivity contribution in [3.8, 4) is 0 Å². The summed E-state index contributed by atoms with van der Waals surface area (Å²) in [5, 5.41) is 2.95. The van der Waals surface area contributed by atoms with E-state index in [1.807, 2.05) is 11.8 Å². The van der Waals surface area contributed by atoms with Crippen molar-refractivity contribution in [1.29, 1.82) is 0 Å². The Balaban J connectivity index is 0.000000148. The van der Waals surface area contributed by atoms with E-state index in [2.05, 4.69) is 32.0 Å². The number of carbonyl (C=O) groups excluding carboxylic acids is 1. The lowest BCUT2D eigenvalue weighted by molar-refractivity contribution is -0.106. The quantitative estimate of drug-likeness (QED) is 0.373. The van der Waals surface area contributed by atoms with Crippen molar-refractivity contribution in [2.45, 2.75) is 5.37 Å². The topological polar surface area (TPSA) is 46.1 Å². The molecule has 10 heavy (non-hydrogen) atoms. The summed E-state index contributed by atoms with van der Waals surface area (Å²) in [6, 6.07) is 0. The molecule has 0 saturated carbocycles. The number of fused-ring (bicyclic) bond motifs is 1. The predicted molar refractivity (Wildman–Crippen MR) is 45.3 cm³/mol. The van der Waals surface area contributed by atoms with Gasteiger partial charge in [-0.2, -0.15) is 0 Å². The number of hydrogen-bond acceptors (Lipinski definition) is 3. The van der Waals surface area contributed by atoms with Gasteiger partial charge in [-0.25, -0.2) is 0 Å². The molecule has 2 heterocycles. The van der Waals surface area contributed by atoms with Crippen LogP contribution in [0.5, 0.6) is 0 Å². The number of carbonyl (C=O) groups is 1. The molecule has 2 aliphatic heterocycles. The molecule has 1 saturated heterocycles. The van der Waals surface area contributed by atoms with E-state index in [1.165, 1.54) is 11.2 Å². The number of nitrogens with zero attached hydrogens (tertiary/aromatic N) is 1. The molecule has 0 aliphatic carbocycles. The Kier molecular flexibility index (Phi) is 2.62. The highest BCUT2D eigenvalue weighted by molar-refractivity contribution is 9.11. The Labute approximate surface area is 71.8 Å². The Morgan fingerprint density at radius 2 is 2.60 bits per heavy atom. The summed E-state index contributed by atoms with van der Waals surface area (Å²) >= 11 is 5.31. The second-order valence-electron chi connectivity index (χ2n) is 1.82. The lowest BCUT2D eigenvalue weighted by Gasteiger charge is -1.88. The molecular weight excluding hydrogens is 216 g/mol. The molecule has 0 bridgehead atoms. The Morgan fingerprint density at radius 1 is 2.00 bits per heavy atom. The van der Waals surface area contributed by atoms with Crippen LogP contribution in [0.1, 0.15) is 0 Å². The van der Waals surface area contributed by atoms with E-state index in [0.717, 1.165) is 5.37 Å². The van der Waals surface area contributed by atoms with Gasteiger partial charge in [-0.1, -0.05) is 0 Å². The molecule has 0 aromatic carbocycles. The Hall–Kier alpha value is -0.160. The van der Waals surface area contributed by atoms with Crippen LogP contribution in [0, 0.1) is 0 Å². The highest BCUT2D eigenvalue weighted by Crippen LogP contribution is 2.43. The van der Waals surface area contributed by atoms with E-state index < -0.39 is 0 Å². The van der Waals surface area contributed by atoms with Gasteiger partial charge in [-0.3, -0.25) is 4.79 Å². The molecule has 0 aromatic rings. The maximum absolute atomic E-state index is 8.58. The fourth-order valence-electron chi connectivity index (χ4n) is 0.665. The van der Waals surface area contributed by atoms with Crippen molar-refractivity contribution in [3.63, 3.8) is 0 Å². The molecule has 2 aliphatic rings. The highest BCUT2D eigenvalue weighted by Gasteiger charge is 2.39. The van der Waals surface area contributed by atoms with Gasteiger partial charge in [-0.15, -0.1) is 11.8 Å². The molecule has 3 nitrogen and oxygen atoms in total. The Morgan fingerprint density at radius 3 is 2.70 bits per heavy atom. The summed E-state index contributed by atoms with van der Waals surface area (Å²) in [6.45, 7) is 1.25. The zero-order valence-electron chi connectivity index (χ0n) is 5.16. The summed E-state index contributed by atoms with van der Waals surface area (Å²) in [4.78, 5) is 10.9. The fraction of sp³-hybridized carbons (Fsp3) is 0.400. The molecule has 1 atom stereocenters. The van der Waals surface area contributed by atoms with Gasteiger partial charge < -0.3 is 10.6 Å². The van der Waals surface area contributed by atoms with Crippen molar-refractivity contribution in [1.82, 2.24) is 4.90 Å². The van der Waals surface area contributed by atoms with Crippen LogP contribution < -0.4 is 5.73 Å². The monoisotopic (exact) mass is 222 g/mol. The van der Waals surface area contributed by atoms with Gasteiger partial charge in [0.15, 0.2) is 0 Å². The highest BCUT2D eigenvalue weighted by atomic mass is 79.9. The van der Waals surface area contributed by atoms with Crippen molar-refractivity contribution in [2.75, 3.05) is 6.54 Å². The van der Waals surface area contributed by atoms with E-state index >= 15 is 0 Å². The molecule has 1 unspecified atom stereocenters. The standard InChI is InChI=1S/C4H4BrNS.CH3NO/c5-3-2-7-4-1-6(3)4;2-1-3/h2,4H,1H2;1H,(H2,2,3). The van der Waals surface area contributed by atoms with Gasteiger partial charge in [0.05, 0.1) is 9.98 Å². The number of halogens is 1. The van der Waals surface area contributed by atoms with Gasteiger partial charge in [-0.05, 0) is 15.9 Å². The fourth-order valence-corrected chi connectivity index (χ4v) is 2.43. The predicted octanol–water partition coefficient (Wildman–Crippen LogP) is 0.670. The molecule has 0 spiro atoms. The van der Waals surface area contributed by atoms with Gasteiger partial charge in [0.2, 0.25) is 6.41 Å². The first kappa shape index (κ1) is 7.94. The normalized spacial score (nSPS) is 25.9. The van der Waals surface area contributed by atoms with Crippen LogP contribution in [0.3, 0.4) is 0 Å². The molecule has 2 rings (SSSR count). The number of amides is 1. The van der Waals surface area contributed by atoms with E-state index in [1.54, 1.807) is 0 Å². The lowest BCUT2D eigenvalue weighted by Crippen LogP contribution is -1.83. The molecule has 0 radical (unpaired) electrons. The molecular formula is C5H7BrN2OS. The average molecular weight is 223 g/mol. The van der Waals surface area contributed by atoms with E-state index in [0.29, 0.717) is 0 Å². The summed E-state index contributed by atoms with van der Waals surface area (Å²) in [7, 11) is 0. The average Bonchev–Trinajstić information content (AvgIpc) is 2.57. The SMILES string of the molecule is BrC1=CSC2CN12.NC=O. The minimum atomic E-state index is 0.250. The third kappa shape index (κ3) is 1.67. The van der Waals surface area contributed by atoms with Crippen LogP contribution in [0.2, 0.25) is 0 Å². The number of nitrogens with two attached hydrogens (primary N) is 1. The van der Waals surface area contributed by atoms with Crippen molar-refractivity contribution in [3.05, 3.63) is 10.0 Å². The van der Waals surface area contributed by atoms with Gasteiger partial charge in [0.1, 0.15) is 0 Å². The third-order valence-corrected chi connectivity index (χ3v) is 3.23. The second kappa shape index (κ2) is 3.30. The van der Waals surface area contributed by atoms with Crippen LogP contribution >= 0.6 is 27.7 Å². The first-order chi connectivity index (χ1) is 4.79. The molecule has 0 aromatic heterocycles. The molecule has 1 fully saturated rings. The van der Waals surface area contributed by atoms with Crippen molar-refractivity contribution >= 4 is 34.1 Å². The minimum Gasteiger partial charge on any atom is -0.372 e. The van der Waals surface area contributed by atoms with E-state index in [-0.39, 0.29) is 6.41 Å². The first-order valence-corrected chi connectivity index (χ1v) is 4.46. The van der Waals surface area contributed by atoms with Crippen LogP contribution in [0.15, 0.2) is 10.0 Å². The Bertz CT molecular complexity index is 173. The lowest BCUT2D eigenvalue weighted by atomic mass is 11.0. The molecule has 56 valence electrons. The number of hydrogen-bond donors (Lipinski definition) is 1. The van der Waals surface area contributed by atoms with Gasteiger partial charge >= 0.3 is 0 Å². The van der Waals surface area contributed by atoms with Crippen molar-refractivity contribution < 1.29 is 4.79 Å². The number of thioether (sulfide) groups is 1. The maximum Gasteiger partial charge on any atom is 0.204 e. The minimum absolute atomic E-state index is 0.250. The van der Waals surface area contributed by atoms with Crippen LogP contribution in [0.4, 0.5) is 0 Å². The zero-order valence-corrected chi connectivity index (χ0v) is 7.56. The van der Waals surface area contributed by atoms with E-state index in [9.17, 15) is 0 Å². The van der Waals surface area contributed by atoms with E-state index in [4.69, 9.17) is 4.79 Å². The molecule has 2 N–H and O–H groups in total. The number of primary amides is 1. The summed E-state index contributed by atoms with van der Waals surface area (Å²) in [5.41, 5.74) is 4.17. The smallest absolute Gasteiger partial charge is 0.204 e. The van der Waals surface area contributed by atoms with Crippen LogP contribution in [-0.2, 0) is 4.79 Å². The van der Waals surface area contributed by atoms with Gasteiger partial charge in [0, 0.05) is 12.0 Å². The maximum atomic E-state index is 8.58.